The molecule has 8 heteroatoms. The molecule has 1 unspecified atom stereocenters. The van der Waals surface area contributed by atoms with E-state index in [0.717, 1.165) is 5.76 Å². The van der Waals surface area contributed by atoms with E-state index >= 15 is 0 Å². The molecule has 2 rings (SSSR count). The summed E-state index contributed by atoms with van der Waals surface area (Å²) >= 11 is 0. The zero-order valence-corrected chi connectivity index (χ0v) is 14.5. The summed E-state index contributed by atoms with van der Waals surface area (Å²) in [4.78, 5) is 29.5. The number of nitrogens with zero attached hydrogens (tertiary/aromatic N) is 3. The zero-order chi connectivity index (χ0) is 17.5. The van der Waals surface area contributed by atoms with Crippen LogP contribution >= 0.6 is 0 Å². The van der Waals surface area contributed by atoms with E-state index in [2.05, 4.69) is 5.32 Å². The van der Waals surface area contributed by atoms with Crippen LogP contribution in [0, 0.1) is 0 Å². The Hall–Kier alpha value is -2.06. The van der Waals surface area contributed by atoms with E-state index in [4.69, 9.17) is 9.15 Å². The maximum absolute atomic E-state index is 12.3. The number of furan rings is 1. The van der Waals surface area contributed by atoms with Gasteiger partial charge in [-0.05, 0) is 26.2 Å². The molecular formula is C16H26N4O4. The Labute approximate surface area is 142 Å². The van der Waals surface area contributed by atoms with Gasteiger partial charge < -0.3 is 24.3 Å². The van der Waals surface area contributed by atoms with Crippen molar-refractivity contribution in [2.45, 2.75) is 6.04 Å². The molecule has 0 aliphatic carbocycles. The van der Waals surface area contributed by atoms with E-state index in [1.807, 2.05) is 31.1 Å². The first-order valence-electron chi connectivity index (χ1n) is 8.02. The molecule has 8 nitrogen and oxygen atoms in total. The number of urea groups is 1. The van der Waals surface area contributed by atoms with E-state index in [-0.39, 0.29) is 24.6 Å². The number of ether oxygens (including phenoxy) is 1. The van der Waals surface area contributed by atoms with Crippen LogP contribution in [-0.2, 0) is 9.53 Å². The molecule has 1 aromatic rings. The van der Waals surface area contributed by atoms with E-state index in [9.17, 15) is 9.59 Å². The van der Waals surface area contributed by atoms with Gasteiger partial charge in [-0.25, -0.2) is 4.79 Å². The Bertz CT molecular complexity index is 524. The lowest BCUT2D eigenvalue weighted by Gasteiger charge is -2.35. The Morgan fingerprint density at radius 3 is 2.50 bits per heavy atom. The summed E-state index contributed by atoms with van der Waals surface area (Å²) in [5.74, 6) is 0.776. The molecule has 1 atom stereocenters. The Morgan fingerprint density at radius 2 is 1.96 bits per heavy atom. The Morgan fingerprint density at radius 1 is 1.29 bits per heavy atom. The maximum atomic E-state index is 12.3. The van der Waals surface area contributed by atoms with Crippen LogP contribution in [0.1, 0.15) is 11.8 Å². The smallest absolute Gasteiger partial charge is 0.317 e. The minimum Gasteiger partial charge on any atom is -0.468 e. The van der Waals surface area contributed by atoms with Crippen LogP contribution in [0.5, 0.6) is 0 Å². The third-order valence-corrected chi connectivity index (χ3v) is 4.13. The van der Waals surface area contributed by atoms with Crippen molar-refractivity contribution in [2.24, 2.45) is 0 Å². The van der Waals surface area contributed by atoms with Gasteiger partial charge in [0, 0.05) is 39.8 Å². The molecule has 1 aliphatic heterocycles. The number of carbonyl (C=O) groups excluding carboxylic acids is 2. The average molecular weight is 338 g/mol. The first-order valence-corrected chi connectivity index (χ1v) is 8.02. The van der Waals surface area contributed by atoms with Crippen molar-refractivity contribution in [3.05, 3.63) is 24.2 Å². The monoisotopic (exact) mass is 338 g/mol. The molecule has 24 heavy (non-hydrogen) atoms. The molecule has 0 saturated carbocycles. The van der Waals surface area contributed by atoms with Crippen LogP contribution in [0.15, 0.2) is 22.8 Å². The van der Waals surface area contributed by atoms with Crippen LogP contribution in [0.2, 0.25) is 0 Å². The second-order valence-corrected chi connectivity index (χ2v) is 5.98. The summed E-state index contributed by atoms with van der Waals surface area (Å²) < 4.78 is 10.3. The lowest BCUT2D eigenvalue weighted by molar-refractivity contribution is -0.136. The van der Waals surface area contributed by atoms with Crippen molar-refractivity contribution >= 4 is 11.9 Å². The number of nitrogens with one attached hydrogen (secondary N) is 1. The maximum Gasteiger partial charge on any atom is 0.317 e. The van der Waals surface area contributed by atoms with Crippen LogP contribution in [0.25, 0.3) is 0 Å². The van der Waals surface area contributed by atoms with E-state index in [1.165, 1.54) is 7.11 Å². The standard InChI is InChI=1S/C16H26N4O4/c1-18(2)13(14-5-4-10-24-14)11-17-16(22)20-8-6-19(7-9-20)15(21)12-23-3/h4-5,10,13H,6-9,11-12H2,1-3H3,(H,17,22). The van der Waals surface area contributed by atoms with Gasteiger partial charge in [0.15, 0.2) is 0 Å². The highest BCUT2D eigenvalue weighted by molar-refractivity contribution is 5.78. The van der Waals surface area contributed by atoms with Crippen molar-refractivity contribution in [3.63, 3.8) is 0 Å². The second-order valence-electron chi connectivity index (χ2n) is 5.98. The third kappa shape index (κ3) is 4.72. The van der Waals surface area contributed by atoms with E-state index in [0.29, 0.717) is 32.7 Å². The van der Waals surface area contributed by atoms with Crippen molar-refractivity contribution < 1.29 is 18.7 Å². The molecule has 1 N–H and O–H groups in total. The van der Waals surface area contributed by atoms with Gasteiger partial charge in [-0.2, -0.15) is 0 Å². The Kier molecular flexibility index (Phi) is 6.62. The molecule has 0 aromatic carbocycles. The predicted molar refractivity (Wildman–Crippen MR) is 88.6 cm³/mol. The lowest BCUT2D eigenvalue weighted by Crippen LogP contribution is -2.54. The number of methoxy groups -OCH3 is 1. The minimum atomic E-state index is -0.118. The third-order valence-electron chi connectivity index (χ3n) is 4.13. The molecule has 1 aliphatic rings. The Balaban J connectivity index is 1.80. The first-order chi connectivity index (χ1) is 11.5. The van der Waals surface area contributed by atoms with Crippen LogP contribution < -0.4 is 5.32 Å². The predicted octanol–water partition coefficient (Wildman–Crippen LogP) is 0.383. The molecule has 1 saturated heterocycles. The molecule has 134 valence electrons. The SMILES string of the molecule is COCC(=O)N1CCN(C(=O)NCC(c2ccco2)N(C)C)CC1. The topological polar surface area (TPSA) is 78.3 Å². The van der Waals surface area contributed by atoms with Crippen molar-refractivity contribution in [1.82, 2.24) is 20.0 Å². The van der Waals surface area contributed by atoms with E-state index in [1.54, 1.807) is 16.1 Å². The minimum absolute atomic E-state index is 0.0199. The van der Waals surface area contributed by atoms with Gasteiger partial charge in [-0.3, -0.25) is 9.69 Å². The van der Waals surface area contributed by atoms with Gasteiger partial charge in [0.1, 0.15) is 12.4 Å². The molecular weight excluding hydrogens is 312 g/mol. The van der Waals surface area contributed by atoms with Gasteiger partial charge in [-0.1, -0.05) is 0 Å². The fourth-order valence-corrected chi connectivity index (χ4v) is 2.69. The number of hydrogen-bond acceptors (Lipinski definition) is 5. The summed E-state index contributed by atoms with van der Waals surface area (Å²) in [7, 11) is 5.39. The summed E-state index contributed by atoms with van der Waals surface area (Å²) in [6.45, 7) is 2.65. The number of hydrogen-bond donors (Lipinski definition) is 1. The number of likely N-dealkylation sites (N-methyl/N-ethyl adjacent to an activating group) is 1. The van der Waals surface area contributed by atoms with Gasteiger partial charge in [0.25, 0.3) is 0 Å². The van der Waals surface area contributed by atoms with Gasteiger partial charge in [0.05, 0.1) is 12.3 Å². The van der Waals surface area contributed by atoms with Crippen LogP contribution in [0.4, 0.5) is 4.79 Å². The molecule has 0 spiro atoms. The normalized spacial score (nSPS) is 16.3. The fraction of sp³-hybridized carbons (Fsp3) is 0.625. The summed E-state index contributed by atoms with van der Waals surface area (Å²) in [5.41, 5.74) is 0. The summed E-state index contributed by atoms with van der Waals surface area (Å²) in [6, 6.07) is 3.60. The number of piperazine rings is 1. The van der Waals surface area contributed by atoms with Crippen molar-refractivity contribution in [3.8, 4) is 0 Å². The number of carbonyl (C=O) groups is 2. The fourth-order valence-electron chi connectivity index (χ4n) is 2.69. The zero-order valence-electron chi connectivity index (χ0n) is 14.5. The largest absolute Gasteiger partial charge is 0.468 e. The highest BCUT2D eigenvalue weighted by atomic mass is 16.5. The second kappa shape index (κ2) is 8.70. The molecule has 1 aromatic heterocycles. The highest BCUT2D eigenvalue weighted by Crippen LogP contribution is 2.17. The van der Waals surface area contributed by atoms with E-state index < -0.39 is 0 Å². The van der Waals surface area contributed by atoms with Crippen LogP contribution in [-0.4, -0.2) is 87.2 Å². The molecule has 3 amide bonds. The quantitative estimate of drug-likeness (QED) is 0.811. The summed E-state index contributed by atoms with van der Waals surface area (Å²) in [5, 5.41) is 2.95. The molecule has 2 heterocycles. The van der Waals surface area contributed by atoms with Crippen molar-refractivity contribution in [1.29, 1.82) is 0 Å². The molecule has 1 fully saturated rings. The van der Waals surface area contributed by atoms with Gasteiger partial charge in [-0.15, -0.1) is 0 Å². The van der Waals surface area contributed by atoms with Crippen molar-refractivity contribution in [2.75, 3.05) is 60.5 Å². The molecule has 0 radical (unpaired) electrons. The highest BCUT2D eigenvalue weighted by Gasteiger charge is 2.25. The van der Waals surface area contributed by atoms with Gasteiger partial charge in [0.2, 0.25) is 5.91 Å². The average Bonchev–Trinajstić information content (AvgIpc) is 3.09. The summed E-state index contributed by atoms with van der Waals surface area (Å²) in [6.07, 6.45) is 1.63. The first kappa shape index (κ1) is 18.3. The molecule has 0 bridgehead atoms. The van der Waals surface area contributed by atoms with Gasteiger partial charge >= 0.3 is 6.03 Å². The number of rotatable bonds is 6. The van der Waals surface area contributed by atoms with Crippen LogP contribution in [0.3, 0.4) is 0 Å². The lowest BCUT2D eigenvalue weighted by atomic mass is 10.2. The number of amides is 3.